The molecule has 3 heteroatoms. The second-order valence-corrected chi connectivity index (χ2v) is 2.12. The SMILES string of the molecule is O=C=C1C=CC=C[C@@H]1C(=O)O. The van der Waals surface area contributed by atoms with Crippen molar-refractivity contribution < 1.29 is 14.7 Å². The Kier molecular flexibility index (Phi) is 2.04. The Morgan fingerprint density at radius 3 is 2.73 bits per heavy atom. The number of hydrogen-bond donors (Lipinski definition) is 1. The van der Waals surface area contributed by atoms with Gasteiger partial charge in [0.1, 0.15) is 11.9 Å². The third kappa shape index (κ3) is 1.45. The smallest absolute Gasteiger partial charge is 0.315 e. The molecule has 1 aliphatic rings. The second-order valence-electron chi connectivity index (χ2n) is 2.12. The zero-order valence-electron chi connectivity index (χ0n) is 5.65. The van der Waals surface area contributed by atoms with E-state index in [0.717, 1.165) is 0 Å². The lowest BCUT2D eigenvalue weighted by molar-refractivity contribution is -0.138. The standard InChI is InChI=1S/C8H6O3/c9-5-6-3-1-2-4-7(6)8(10)11/h1-4,7H,(H,10,11)/t7-/m0/s1. The molecule has 0 bridgehead atoms. The summed E-state index contributed by atoms with van der Waals surface area (Å²) in [5.41, 5.74) is 0.167. The number of carboxylic acid groups (broad SMARTS) is 1. The number of aliphatic carboxylic acids is 1. The van der Waals surface area contributed by atoms with Gasteiger partial charge < -0.3 is 5.11 Å². The third-order valence-corrected chi connectivity index (χ3v) is 1.41. The summed E-state index contributed by atoms with van der Waals surface area (Å²) >= 11 is 0. The molecule has 1 atom stereocenters. The first-order valence-electron chi connectivity index (χ1n) is 3.08. The van der Waals surface area contributed by atoms with Crippen molar-refractivity contribution in [1.29, 1.82) is 0 Å². The van der Waals surface area contributed by atoms with E-state index < -0.39 is 11.9 Å². The van der Waals surface area contributed by atoms with Crippen molar-refractivity contribution >= 4 is 11.9 Å². The normalized spacial score (nSPS) is 21.5. The molecule has 0 aromatic rings. The van der Waals surface area contributed by atoms with E-state index in [9.17, 15) is 9.59 Å². The topological polar surface area (TPSA) is 54.4 Å². The zero-order valence-corrected chi connectivity index (χ0v) is 5.65. The summed E-state index contributed by atoms with van der Waals surface area (Å²) in [6.07, 6.45) is 6.10. The van der Waals surface area contributed by atoms with Crippen LogP contribution >= 0.6 is 0 Å². The van der Waals surface area contributed by atoms with Crippen molar-refractivity contribution in [3.63, 3.8) is 0 Å². The van der Waals surface area contributed by atoms with Gasteiger partial charge in [-0.2, -0.15) is 0 Å². The predicted molar refractivity (Wildman–Crippen MR) is 38.6 cm³/mol. The van der Waals surface area contributed by atoms with Gasteiger partial charge in [0.05, 0.1) is 5.57 Å². The molecular formula is C8H6O3. The first-order chi connectivity index (χ1) is 5.25. The Labute approximate surface area is 63.3 Å². The Morgan fingerprint density at radius 1 is 1.55 bits per heavy atom. The zero-order chi connectivity index (χ0) is 8.27. The molecule has 0 heterocycles. The first kappa shape index (κ1) is 7.51. The lowest BCUT2D eigenvalue weighted by atomic mass is 9.96. The highest BCUT2D eigenvalue weighted by Crippen LogP contribution is 2.15. The summed E-state index contributed by atoms with van der Waals surface area (Å²) in [5, 5.41) is 8.55. The van der Waals surface area contributed by atoms with Crippen molar-refractivity contribution in [1.82, 2.24) is 0 Å². The molecule has 0 saturated carbocycles. The van der Waals surface area contributed by atoms with Gasteiger partial charge in [0.25, 0.3) is 0 Å². The lowest BCUT2D eigenvalue weighted by Crippen LogP contribution is -2.14. The quantitative estimate of drug-likeness (QED) is 0.556. The fourth-order valence-corrected chi connectivity index (χ4v) is 0.855. The number of carbonyl (C=O) groups is 1. The largest absolute Gasteiger partial charge is 0.481 e. The molecule has 0 aliphatic heterocycles. The van der Waals surface area contributed by atoms with Crippen LogP contribution in [0.15, 0.2) is 29.9 Å². The minimum atomic E-state index is -1.02. The highest BCUT2D eigenvalue weighted by atomic mass is 16.4. The number of hydrogen-bond acceptors (Lipinski definition) is 2. The maximum atomic E-state index is 10.4. The Bertz CT molecular complexity index is 280. The maximum Gasteiger partial charge on any atom is 0.315 e. The summed E-state index contributed by atoms with van der Waals surface area (Å²) in [6, 6.07) is 0. The molecule has 0 saturated heterocycles. The molecule has 1 rings (SSSR count). The van der Waals surface area contributed by atoms with Gasteiger partial charge in [-0.1, -0.05) is 18.2 Å². The monoisotopic (exact) mass is 150 g/mol. The van der Waals surface area contributed by atoms with Crippen molar-refractivity contribution in [3.8, 4) is 0 Å². The van der Waals surface area contributed by atoms with E-state index in [1.165, 1.54) is 12.2 Å². The Balaban J connectivity index is 2.97. The lowest BCUT2D eigenvalue weighted by Gasteiger charge is -2.06. The summed E-state index contributed by atoms with van der Waals surface area (Å²) in [5.74, 6) is -0.263. The molecule has 11 heavy (non-hydrogen) atoms. The van der Waals surface area contributed by atoms with Gasteiger partial charge >= 0.3 is 5.97 Å². The Morgan fingerprint density at radius 2 is 2.27 bits per heavy atom. The predicted octanol–water partition coefficient (Wildman–Crippen LogP) is 0.571. The molecule has 0 aromatic carbocycles. The van der Waals surface area contributed by atoms with Gasteiger partial charge in [-0.15, -0.1) is 0 Å². The minimum absolute atomic E-state index is 0.167. The second kappa shape index (κ2) is 2.99. The molecule has 3 nitrogen and oxygen atoms in total. The van der Waals surface area contributed by atoms with E-state index >= 15 is 0 Å². The fourth-order valence-electron chi connectivity index (χ4n) is 0.855. The van der Waals surface area contributed by atoms with E-state index in [2.05, 4.69) is 0 Å². The molecule has 0 unspecified atom stereocenters. The summed E-state index contributed by atoms with van der Waals surface area (Å²) in [7, 11) is 0. The number of carboxylic acids is 1. The number of allylic oxidation sites excluding steroid dienone is 3. The van der Waals surface area contributed by atoms with Crippen molar-refractivity contribution in [2.75, 3.05) is 0 Å². The summed E-state index contributed by atoms with van der Waals surface area (Å²) in [6.45, 7) is 0. The number of carbonyl (C=O) groups excluding carboxylic acids is 1. The van der Waals surface area contributed by atoms with E-state index in [4.69, 9.17) is 5.11 Å². The molecule has 0 fully saturated rings. The molecule has 1 N–H and O–H groups in total. The van der Waals surface area contributed by atoms with E-state index in [1.807, 2.05) is 0 Å². The fraction of sp³-hybridized carbons (Fsp3) is 0.125. The van der Waals surface area contributed by atoms with Crippen LogP contribution in [0.25, 0.3) is 0 Å². The maximum absolute atomic E-state index is 10.4. The number of rotatable bonds is 1. The average molecular weight is 150 g/mol. The molecule has 0 radical (unpaired) electrons. The van der Waals surface area contributed by atoms with E-state index in [1.54, 1.807) is 18.1 Å². The van der Waals surface area contributed by atoms with Crippen LogP contribution in [0.5, 0.6) is 0 Å². The highest BCUT2D eigenvalue weighted by molar-refractivity contribution is 5.82. The third-order valence-electron chi connectivity index (χ3n) is 1.41. The molecule has 1 aliphatic carbocycles. The molecule has 56 valence electrons. The van der Waals surface area contributed by atoms with Crippen molar-refractivity contribution in [2.45, 2.75) is 0 Å². The molecule has 0 spiro atoms. The van der Waals surface area contributed by atoms with Crippen LogP contribution in [0.1, 0.15) is 0 Å². The van der Waals surface area contributed by atoms with Crippen LogP contribution in [-0.2, 0) is 9.59 Å². The first-order valence-corrected chi connectivity index (χ1v) is 3.08. The van der Waals surface area contributed by atoms with E-state index in [-0.39, 0.29) is 5.57 Å². The van der Waals surface area contributed by atoms with Gasteiger partial charge in [0.15, 0.2) is 0 Å². The molecule has 0 aromatic heterocycles. The average Bonchev–Trinajstić information content (AvgIpc) is 2.04. The summed E-state index contributed by atoms with van der Waals surface area (Å²) in [4.78, 5) is 20.6. The molecular weight excluding hydrogens is 144 g/mol. The van der Waals surface area contributed by atoms with Gasteiger partial charge in [-0.3, -0.25) is 4.79 Å². The van der Waals surface area contributed by atoms with E-state index in [0.29, 0.717) is 0 Å². The van der Waals surface area contributed by atoms with Crippen molar-refractivity contribution in [3.05, 3.63) is 29.9 Å². The van der Waals surface area contributed by atoms with Crippen LogP contribution in [0.2, 0.25) is 0 Å². The Hall–Kier alpha value is -1.60. The van der Waals surface area contributed by atoms with Gasteiger partial charge in [0, 0.05) is 0 Å². The summed E-state index contributed by atoms with van der Waals surface area (Å²) < 4.78 is 0. The van der Waals surface area contributed by atoms with Gasteiger partial charge in [0.2, 0.25) is 0 Å². The van der Waals surface area contributed by atoms with Gasteiger partial charge in [-0.25, -0.2) is 4.79 Å². The van der Waals surface area contributed by atoms with Crippen LogP contribution in [-0.4, -0.2) is 17.0 Å². The highest BCUT2D eigenvalue weighted by Gasteiger charge is 2.19. The van der Waals surface area contributed by atoms with Crippen LogP contribution in [0.4, 0.5) is 0 Å². The molecule has 0 amide bonds. The van der Waals surface area contributed by atoms with Crippen LogP contribution < -0.4 is 0 Å². The van der Waals surface area contributed by atoms with Crippen molar-refractivity contribution in [2.24, 2.45) is 5.92 Å². The van der Waals surface area contributed by atoms with Crippen LogP contribution in [0.3, 0.4) is 0 Å². The minimum Gasteiger partial charge on any atom is -0.481 e. The van der Waals surface area contributed by atoms with Gasteiger partial charge in [-0.05, 0) is 6.08 Å². The van der Waals surface area contributed by atoms with Crippen LogP contribution in [0, 0.1) is 5.92 Å².